The molecule has 1 aromatic carbocycles. The number of nitrogens with zero attached hydrogens (tertiary/aromatic N) is 1. The van der Waals surface area contributed by atoms with Gasteiger partial charge in [0.2, 0.25) is 0 Å². The smallest absolute Gasteiger partial charge is 0.326 e. The molecular formula is C18H27NO3. The average Bonchev–Trinajstić information content (AvgIpc) is 2.41. The number of aliphatic carboxylic acids is 1. The normalized spacial score (nSPS) is 21.4. The van der Waals surface area contributed by atoms with Crippen molar-refractivity contribution < 1.29 is 14.6 Å². The summed E-state index contributed by atoms with van der Waals surface area (Å²) in [6.07, 6.45) is 0.933. The minimum Gasteiger partial charge on any atom is -0.497 e. The van der Waals surface area contributed by atoms with Gasteiger partial charge >= 0.3 is 5.97 Å². The molecule has 0 fully saturated rings. The van der Waals surface area contributed by atoms with E-state index in [1.165, 1.54) is 5.56 Å². The molecule has 0 radical (unpaired) electrons. The van der Waals surface area contributed by atoms with E-state index in [4.69, 9.17) is 4.74 Å². The lowest BCUT2D eigenvalue weighted by atomic mass is 9.78. The van der Waals surface area contributed by atoms with E-state index in [1.54, 1.807) is 7.11 Å². The standard InChI is InChI=1S/C18H27NO3/c1-11(2)16(17(20)21)19-15-9-13(22-6)7-8-14(15)12(3)10-18(19,4)5/h7-9,11-12,16H,10H2,1-6H3,(H,20,21)/t12-,16+/m0/s1. The summed E-state index contributed by atoms with van der Waals surface area (Å²) in [5.41, 5.74) is 1.97. The van der Waals surface area contributed by atoms with Crippen LogP contribution in [0.1, 0.15) is 52.5 Å². The van der Waals surface area contributed by atoms with Crippen LogP contribution in [-0.2, 0) is 4.79 Å². The second-order valence-electron chi connectivity index (χ2n) is 7.24. The number of methoxy groups -OCH3 is 1. The molecule has 1 aliphatic rings. The minimum atomic E-state index is -0.772. The van der Waals surface area contributed by atoms with E-state index >= 15 is 0 Å². The van der Waals surface area contributed by atoms with Crippen LogP contribution < -0.4 is 9.64 Å². The molecule has 0 spiro atoms. The van der Waals surface area contributed by atoms with Crippen molar-refractivity contribution in [3.63, 3.8) is 0 Å². The third kappa shape index (κ3) is 2.79. The van der Waals surface area contributed by atoms with Gasteiger partial charge in [0.05, 0.1) is 7.11 Å². The maximum Gasteiger partial charge on any atom is 0.326 e. The maximum absolute atomic E-state index is 11.9. The first kappa shape index (κ1) is 16.7. The predicted molar refractivity (Wildman–Crippen MR) is 88.8 cm³/mol. The van der Waals surface area contributed by atoms with Crippen LogP contribution in [0.4, 0.5) is 5.69 Å². The van der Waals surface area contributed by atoms with E-state index < -0.39 is 12.0 Å². The van der Waals surface area contributed by atoms with Crippen molar-refractivity contribution in [2.45, 2.75) is 58.5 Å². The highest BCUT2D eigenvalue weighted by Crippen LogP contribution is 2.46. The zero-order valence-corrected chi connectivity index (χ0v) is 14.4. The predicted octanol–water partition coefficient (Wildman–Crippen LogP) is 3.90. The Morgan fingerprint density at radius 2 is 2.05 bits per heavy atom. The molecule has 0 bridgehead atoms. The number of carbonyl (C=O) groups is 1. The van der Waals surface area contributed by atoms with Gasteiger partial charge in [-0.1, -0.05) is 26.8 Å². The van der Waals surface area contributed by atoms with E-state index in [-0.39, 0.29) is 11.5 Å². The summed E-state index contributed by atoms with van der Waals surface area (Å²) in [5.74, 6) is 0.408. The highest BCUT2D eigenvalue weighted by molar-refractivity contribution is 5.80. The molecule has 1 aliphatic heterocycles. The molecule has 22 heavy (non-hydrogen) atoms. The zero-order chi connectivity index (χ0) is 16.7. The fraction of sp³-hybridized carbons (Fsp3) is 0.611. The molecular weight excluding hydrogens is 278 g/mol. The van der Waals surface area contributed by atoms with E-state index in [9.17, 15) is 9.90 Å². The van der Waals surface area contributed by atoms with E-state index in [1.807, 2.05) is 26.0 Å². The summed E-state index contributed by atoms with van der Waals surface area (Å²) in [4.78, 5) is 14.0. The fourth-order valence-electron chi connectivity index (χ4n) is 3.78. The highest BCUT2D eigenvalue weighted by Gasteiger charge is 2.43. The fourth-order valence-corrected chi connectivity index (χ4v) is 3.78. The lowest BCUT2D eigenvalue weighted by Crippen LogP contribution is -2.58. The third-order valence-electron chi connectivity index (χ3n) is 4.65. The van der Waals surface area contributed by atoms with E-state index in [0.717, 1.165) is 17.9 Å². The van der Waals surface area contributed by atoms with Crippen molar-refractivity contribution >= 4 is 11.7 Å². The van der Waals surface area contributed by atoms with E-state index in [0.29, 0.717) is 5.92 Å². The van der Waals surface area contributed by atoms with Crippen molar-refractivity contribution in [3.8, 4) is 5.75 Å². The topological polar surface area (TPSA) is 49.8 Å². The highest BCUT2D eigenvalue weighted by atomic mass is 16.5. The summed E-state index contributed by atoms with van der Waals surface area (Å²) in [5, 5.41) is 9.77. The number of benzene rings is 1. The molecule has 0 saturated heterocycles. The zero-order valence-electron chi connectivity index (χ0n) is 14.4. The second-order valence-corrected chi connectivity index (χ2v) is 7.24. The average molecular weight is 305 g/mol. The first-order valence-electron chi connectivity index (χ1n) is 7.89. The SMILES string of the molecule is COc1ccc2c(c1)N([C@@H](C(=O)O)C(C)C)C(C)(C)C[C@@H]2C. The van der Waals surface area contributed by atoms with Crippen LogP contribution in [0, 0.1) is 5.92 Å². The van der Waals surface area contributed by atoms with Crippen LogP contribution in [0.25, 0.3) is 0 Å². The van der Waals surface area contributed by atoms with Gasteiger partial charge in [0.1, 0.15) is 11.8 Å². The summed E-state index contributed by atoms with van der Waals surface area (Å²) in [6, 6.07) is 5.45. The largest absolute Gasteiger partial charge is 0.497 e. The summed E-state index contributed by atoms with van der Waals surface area (Å²) in [6.45, 7) is 10.4. The Bertz CT molecular complexity index is 565. The Balaban J connectivity index is 2.64. The Kier molecular flexibility index (Phi) is 4.41. The summed E-state index contributed by atoms with van der Waals surface area (Å²) >= 11 is 0. The summed E-state index contributed by atoms with van der Waals surface area (Å²) in [7, 11) is 1.64. The van der Waals surface area contributed by atoms with Gasteiger partial charge in [0.25, 0.3) is 0 Å². The van der Waals surface area contributed by atoms with Gasteiger partial charge in [-0.25, -0.2) is 4.79 Å². The second kappa shape index (κ2) is 5.82. The van der Waals surface area contributed by atoms with Crippen LogP contribution >= 0.6 is 0 Å². The molecule has 122 valence electrons. The lowest BCUT2D eigenvalue weighted by Gasteiger charge is -2.51. The Hall–Kier alpha value is -1.71. The van der Waals surface area contributed by atoms with Gasteiger partial charge in [-0.3, -0.25) is 0 Å². The number of anilines is 1. The van der Waals surface area contributed by atoms with Crippen LogP contribution in [0.5, 0.6) is 5.75 Å². The molecule has 2 rings (SSSR count). The van der Waals surface area contributed by atoms with Gasteiger partial charge in [0.15, 0.2) is 0 Å². The molecule has 0 amide bonds. The number of ether oxygens (including phenoxy) is 1. The monoisotopic (exact) mass is 305 g/mol. The molecule has 0 aliphatic carbocycles. The Morgan fingerprint density at radius 3 is 2.55 bits per heavy atom. The number of carboxylic acid groups (broad SMARTS) is 1. The molecule has 0 aromatic heterocycles. The molecule has 1 N–H and O–H groups in total. The van der Waals surface area contributed by atoms with Crippen molar-refractivity contribution in [1.29, 1.82) is 0 Å². The summed E-state index contributed by atoms with van der Waals surface area (Å²) < 4.78 is 5.36. The first-order valence-corrected chi connectivity index (χ1v) is 7.89. The molecule has 4 heteroatoms. The van der Waals surface area contributed by atoms with Gasteiger partial charge in [-0.15, -0.1) is 0 Å². The third-order valence-corrected chi connectivity index (χ3v) is 4.65. The Morgan fingerprint density at radius 1 is 1.41 bits per heavy atom. The van der Waals surface area contributed by atoms with Gasteiger partial charge in [0, 0.05) is 17.3 Å². The van der Waals surface area contributed by atoms with Crippen LogP contribution in [0.3, 0.4) is 0 Å². The first-order chi connectivity index (χ1) is 10.2. The van der Waals surface area contributed by atoms with Crippen LogP contribution in [0.15, 0.2) is 18.2 Å². The number of rotatable bonds is 4. The maximum atomic E-state index is 11.9. The Labute approximate surface area is 133 Å². The molecule has 0 unspecified atom stereocenters. The quantitative estimate of drug-likeness (QED) is 0.916. The minimum absolute atomic E-state index is 0.0178. The molecule has 2 atom stereocenters. The van der Waals surface area contributed by atoms with Gasteiger partial charge in [-0.05, 0) is 43.7 Å². The van der Waals surface area contributed by atoms with E-state index in [2.05, 4.69) is 31.7 Å². The molecule has 1 aromatic rings. The molecule has 1 heterocycles. The van der Waals surface area contributed by atoms with Crippen molar-refractivity contribution in [2.75, 3.05) is 12.0 Å². The van der Waals surface area contributed by atoms with Crippen molar-refractivity contribution in [1.82, 2.24) is 0 Å². The van der Waals surface area contributed by atoms with Crippen molar-refractivity contribution in [3.05, 3.63) is 23.8 Å². The molecule has 0 saturated carbocycles. The van der Waals surface area contributed by atoms with Crippen LogP contribution in [-0.4, -0.2) is 29.8 Å². The number of carboxylic acids is 1. The number of hydrogen-bond donors (Lipinski definition) is 1. The number of fused-ring (bicyclic) bond motifs is 1. The van der Waals surface area contributed by atoms with Crippen LogP contribution in [0.2, 0.25) is 0 Å². The van der Waals surface area contributed by atoms with Crippen molar-refractivity contribution in [2.24, 2.45) is 5.92 Å². The number of hydrogen-bond acceptors (Lipinski definition) is 3. The van der Waals surface area contributed by atoms with Gasteiger partial charge in [-0.2, -0.15) is 0 Å². The van der Waals surface area contributed by atoms with Gasteiger partial charge < -0.3 is 14.7 Å². The lowest BCUT2D eigenvalue weighted by molar-refractivity contribution is -0.140. The molecule has 4 nitrogen and oxygen atoms in total.